The van der Waals surface area contributed by atoms with Crippen LogP contribution in [0.15, 0.2) is 48.9 Å². The molecule has 6 heteroatoms. The average Bonchev–Trinajstić information content (AvgIpc) is 2.68. The summed E-state index contributed by atoms with van der Waals surface area (Å²) in [6, 6.07) is 9.71. The van der Waals surface area contributed by atoms with E-state index in [0.29, 0.717) is 0 Å². The molecule has 6 nitrogen and oxygen atoms in total. The topological polar surface area (TPSA) is 77.2 Å². The minimum absolute atomic E-state index is 0.745. The van der Waals surface area contributed by atoms with Crippen molar-refractivity contribution < 1.29 is 4.74 Å². The molecule has 2 aromatic heterocycles. The van der Waals surface area contributed by atoms with Crippen molar-refractivity contribution in [3.8, 4) is 17.1 Å². The van der Waals surface area contributed by atoms with E-state index in [2.05, 4.69) is 14.9 Å². The number of ether oxygens (including phenoxy) is 1. The summed E-state index contributed by atoms with van der Waals surface area (Å²) in [5.74, 6) is 1.55. The number of anilines is 1. The van der Waals surface area contributed by atoms with Gasteiger partial charge in [-0.05, 0) is 35.9 Å². The second kappa shape index (κ2) is 7.09. The fraction of sp³-hybridized carbons (Fsp3) is 0.250. The summed E-state index contributed by atoms with van der Waals surface area (Å²) in [4.78, 5) is 15.9. The summed E-state index contributed by atoms with van der Waals surface area (Å²) in [7, 11) is 1.66. The van der Waals surface area contributed by atoms with Crippen molar-refractivity contribution in [1.29, 1.82) is 0 Å². The van der Waals surface area contributed by atoms with Gasteiger partial charge in [-0.25, -0.2) is 9.97 Å². The van der Waals surface area contributed by atoms with E-state index < -0.39 is 0 Å². The lowest BCUT2D eigenvalue weighted by Gasteiger charge is -2.28. The van der Waals surface area contributed by atoms with Crippen molar-refractivity contribution in [1.82, 2.24) is 19.9 Å². The van der Waals surface area contributed by atoms with E-state index in [-0.39, 0.29) is 0 Å². The van der Waals surface area contributed by atoms with Crippen LogP contribution in [0.3, 0.4) is 0 Å². The zero-order chi connectivity index (χ0) is 17.9. The van der Waals surface area contributed by atoms with Crippen LogP contribution in [0.25, 0.3) is 11.4 Å². The van der Waals surface area contributed by atoms with E-state index in [0.717, 1.165) is 60.1 Å². The summed E-state index contributed by atoms with van der Waals surface area (Å²) in [5.41, 5.74) is 11.0. The van der Waals surface area contributed by atoms with Crippen molar-refractivity contribution in [2.75, 3.05) is 19.4 Å². The number of nitrogens with zero attached hydrogens (tertiary/aromatic N) is 4. The molecule has 26 heavy (non-hydrogen) atoms. The van der Waals surface area contributed by atoms with Crippen molar-refractivity contribution in [2.45, 2.75) is 19.5 Å². The molecule has 0 atom stereocenters. The third-order valence-electron chi connectivity index (χ3n) is 4.59. The molecule has 4 rings (SSSR count). The smallest absolute Gasteiger partial charge is 0.159 e. The Hall–Kier alpha value is -2.99. The molecule has 1 aliphatic heterocycles. The fourth-order valence-electron chi connectivity index (χ4n) is 3.20. The Morgan fingerprint density at radius 3 is 2.81 bits per heavy atom. The fourth-order valence-corrected chi connectivity index (χ4v) is 3.20. The van der Waals surface area contributed by atoms with Crippen LogP contribution in [-0.4, -0.2) is 33.5 Å². The van der Waals surface area contributed by atoms with E-state index in [1.165, 1.54) is 5.56 Å². The second-order valence-electron chi connectivity index (χ2n) is 6.48. The van der Waals surface area contributed by atoms with Crippen LogP contribution >= 0.6 is 0 Å². The molecule has 3 aromatic rings. The highest BCUT2D eigenvalue weighted by atomic mass is 16.5. The van der Waals surface area contributed by atoms with Crippen molar-refractivity contribution in [3.05, 3.63) is 65.7 Å². The van der Waals surface area contributed by atoms with Crippen molar-refractivity contribution >= 4 is 5.69 Å². The second-order valence-corrected chi connectivity index (χ2v) is 6.48. The van der Waals surface area contributed by atoms with Gasteiger partial charge in [-0.1, -0.05) is 0 Å². The Labute approximate surface area is 152 Å². The lowest BCUT2D eigenvalue weighted by atomic mass is 10.1. The van der Waals surface area contributed by atoms with Crippen molar-refractivity contribution in [2.24, 2.45) is 0 Å². The van der Waals surface area contributed by atoms with Crippen LogP contribution in [0, 0.1) is 0 Å². The number of benzene rings is 1. The van der Waals surface area contributed by atoms with Gasteiger partial charge in [0, 0.05) is 55.3 Å². The van der Waals surface area contributed by atoms with Gasteiger partial charge in [0.2, 0.25) is 0 Å². The zero-order valence-corrected chi connectivity index (χ0v) is 14.7. The number of hydrogen-bond acceptors (Lipinski definition) is 6. The summed E-state index contributed by atoms with van der Waals surface area (Å²) in [5, 5.41) is 0. The van der Waals surface area contributed by atoms with E-state index in [1.807, 2.05) is 42.7 Å². The van der Waals surface area contributed by atoms with Crippen molar-refractivity contribution in [3.63, 3.8) is 0 Å². The van der Waals surface area contributed by atoms with Gasteiger partial charge in [-0.2, -0.15) is 0 Å². The van der Waals surface area contributed by atoms with Crippen LogP contribution in [0.5, 0.6) is 5.75 Å². The predicted octanol–water partition coefficient (Wildman–Crippen LogP) is 2.69. The minimum atomic E-state index is 0.745. The maximum atomic E-state index is 5.75. The number of rotatable bonds is 4. The molecular weight excluding hydrogens is 326 g/mol. The molecule has 0 bridgehead atoms. The summed E-state index contributed by atoms with van der Waals surface area (Å²) < 4.78 is 5.25. The standard InChI is InChI=1S/C20H21N5O/c1-26-18-8-14(9-22-11-18)12-25-7-6-19-16(13-25)10-23-20(24-19)15-2-4-17(21)5-3-15/h2-5,8-11H,6-7,12-13,21H2,1H3. The molecule has 0 unspecified atom stereocenters. The van der Waals surface area contributed by atoms with Crippen LogP contribution in [0.2, 0.25) is 0 Å². The first-order chi connectivity index (χ1) is 12.7. The Morgan fingerprint density at radius 2 is 2.00 bits per heavy atom. The number of pyridine rings is 1. The highest BCUT2D eigenvalue weighted by Gasteiger charge is 2.19. The van der Waals surface area contributed by atoms with Crippen LogP contribution in [0.4, 0.5) is 5.69 Å². The maximum Gasteiger partial charge on any atom is 0.159 e. The monoisotopic (exact) mass is 347 g/mol. The third kappa shape index (κ3) is 3.50. The van der Waals surface area contributed by atoms with E-state index in [4.69, 9.17) is 15.5 Å². The normalized spacial score (nSPS) is 14.0. The number of nitrogens with two attached hydrogens (primary N) is 1. The Balaban J connectivity index is 1.49. The van der Waals surface area contributed by atoms with E-state index >= 15 is 0 Å². The molecule has 0 aliphatic carbocycles. The molecule has 0 saturated carbocycles. The van der Waals surface area contributed by atoms with E-state index in [9.17, 15) is 0 Å². The van der Waals surface area contributed by atoms with Gasteiger partial charge < -0.3 is 10.5 Å². The van der Waals surface area contributed by atoms with Gasteiger partial charge in [0.15, 0.2) is 5.82 Å². The summed E-state index contributed by atoms with van der Waals surface area (Å²) in [6.07, 6.45) is 6.47. The maximum absolute atomic E-state index is 5.75. The molecule has 2 N–H and O–H groups in total. The molecule has 132 valence electrons. The Bertz CT molecular complexity index is 910. The number of aromatic nitrogens is 3. The first-order valence-electron chi connectivity index (χ1n) is 8.62. The predicted molar refractivity (Wildman–Crippen MR) is 100 cm³/mol. The molecule has 3 heterocycles. The van der Waals surface area contributed by atoms with Gasteiger partial charge in [0.25, 0.3) is 0 Å². The molecular formula is C20H21N5O. The van der Waals surface area contributed by atoms with Gasteiger partial charge in [-0.15, -0.1) is 0 Å². The first kappa shape index (κ1) is 16.5. The third-order valence-corrected chi connectivity index (χ3v) is 4.59. The Kier molecular flexibility index (Phi) is 4.50. The SMILES string of the molecule is COc1cncc(CN2CCc3nc(-c4ccc(N)cc4)ncc3C2)c1. The first-order valence-corrected chi connectivity index (χ1v) is 8.62. The molecule has 1 aliphatic rings. The molecule has 0 amide bonds. The molecule has 0 radical (unpaired) electrons. The van der Waals surface area contributed by atoms with Crippen LogP contribution < -0.4 is 10.5 Å². The number of fused-ring (bicyclic) bond motifs is 1. The largest absolute Gasteiger partial charge is 0.495 e. The number of nitrogen functional groups attached to an aromatic ring is 1. The Morgan fingerprint density at radius 1 is 1.15 bits per heavy atom. The van der Waals surface area contributed by atoms with Gasteiger partial charge in [0.05, 0.1) is 19.0 Å². The van der Waals surface area contributed by atoms with Crippen LogP contribution in [0.1, 0.15) is 16.8 Å². The van der Waals surface area contributed by atoms with E-state index in [1.54, 1.807) is 13.3 Å². The summed E-state index contributed by atoms with van der Waals surface area (Å²) >= 11 is 0. The number of hydrogen-bond donors (Lipinski definition) is 1. The minimum Gasteiger partial charge on any atom is -0.495 e. The average molecular weight is 347 g/mol. The molecule has 0 saturated heterocycles. The quantitative estimate of drug-likeness (QED) is 0.731. The van der Waals surface area contributed by atoms with Gasteiger partial charge in [0.1, 0.15) is 5.75 Å². The number of methoxy groups -OCH3 is 1. The van der Waals surface area contributed by atoms with Gasteiger partial charge >= 0.3 is 0 Å². The molecule has 1 aromatic carbocycles. The van der Waals surface area contributed by atoms with Crippen LogP contribution in [-0.2, 0) is 19.5 Å². The lowest BCUT2D eigenvalue weighted by Crippen LogP contribution is -2.31. The highest BCUT2D eigenvalue weighted by Crippen LogP contribution is 2.23. The lowest BCUT2D eigenvalue weighted by molar-refractivity contribution is 0.242. The molecule has 0 spiro atoms. The molecule has 0 fully saturated rings. The zero-order valence-electron chi connectivity index (χ0n) is 14.7. The van der Waals surface area contributed by atoms with Gasteiger partial charge in [-0.3, -0.25) is 9.88 Å². The highest BCUT2D eigenvalue weighted by molar-refractivity contribution is 5.58. The summed E-state index contributed by atoms with van der Waals surface area (Å²) in [6.45, 7) is 2.64.